The average Bonchev–Trinajstić information content (AvgIpc) is 2.47. The monoisotopic (exact) mass is 229 g/mol. The molecule has 4 heteroatoms. The van der Waals surface area contributed by atoms with E-state index in [0.29, 0.717) is 13.0 Å². The highest BCUT2D eigenvalue weighted by atomic mass is 32.1. The number of aryl methyl sites for hydroxylation is 1. The third kappa shape index (κ3) is 5.25. The van der Waals surface area contributed by atoms with E-state index in [0.717, 1.165) is 10.7 Å². The molecular weight excluding hydrogens is 210 g/mol. The van der Waals surface area contributed by atoms with Crippen LogP contribution < -0.4 is 0 Å². The minimum absolute atomic E-state index is 0.195. The second kappa shape index (κ2) is 5.05. The van der Waals surface area contributed by atoms with Gasteiger partial charge in [0.15, 0.2) is 0 Å². The van der Waals surface area contributed by atoms with Gasteiger partial charge in [-0.1, -0.05) is 0 Å². The summed E-state index contributed by atoms with van der Waals surface area (Å²) >= 11 is 1.61. The minimum atomic E-state index is -0.467. The van der Waals surface area contributed by atoms with Gasteiger partial charge >= 0.3 is 0 Å². The van der Waals surface area contributed by atoms with Crippen LogP contribution >= 0.6 is 11.3 Å². The first kappa shape index (κ1) is 12.6. The van der Waals surface area contributed by atoms with Crippen LogP contribution in [0.15, 0.2) is 5.38 Å². The van der Waals surface area contributed by atoms with Crippen LogP contribution in [0.2, 0.25) is 0 Å². The summed E-state index contributed by atoms with van der Waals surface area (Å²) in [5.74, 6) is 0. The number of aliphatic hydroxyl groups is 1. The van der Waals surface area contributed by atoms with E-state index in [9.17, 15) is 5.11 Å². The largest absolute Gasteiger partial charge is 0.390 e. The van der Waals surface area contributed by atoms with E-state index in [1.165, 1.54) is 0 Å². The molecule has 86 valence electrons. The fourth-order valence-corrected chi connectivity index (χ4v) is 1.77. The van der Waals surface area contributed by atoms with Crippen molar-refractivity contribution in [2.75, 3.05) is 6.61 Å². The van der Waals surface area contributed by atoms with Crippen molar-refractivity contribution in [1.82, 2.24) is 4.98 Å². The van der Waals surface area contributed by atoms with Crippen molar-refractivity contribution in [3.63, 3.8) is 0 Å². The fourth-order valence-electron chi connectivity index (χ4n) is 1.15. The highest BCUT2D eigenvalue weighted by Gasteiger charge is 2.14. The summed E-state index contributed by atoms with van der Waals surface area (Å²) in [4.78, 5) is 4.30. The molecule has 0 radical (unpaired) electrons. The van der Waals surface area contributed by atoms with Gasteiger partial charge in [0.2, 0.25) is 0 Å². The summed E-state index contributed by atoms with van der Waals surface area (Å²) in [5.41, 5.74) is 0.751. The number of nitrogens with zero attached hydrogens (tertiary/aromatic N) is 1. The number of ether oxygens (including phenoxy) is 1. The van der Waals surface area contributed by atoms with Gasteiger partial charge in [-0.25, -0.2) is 4.98 Å². The lowest BCUT2D eigenvalue weighted by Gasteiger charge is -2.21. The number of hydrogen-bond donors (Lipinski definition) is 1. The second-order valence-electron chi connectivity index (χ2n) is 4.64. The van der Waals surface area contributed by atoms with Crippen molar-refractivity contribution in [2.45, 2.75) is 45.8 Å². The van der Waals surface area contributed by atoms with Crippen LogP contribution in [0.25, 0.3) is 0 Å². The number of aromatic nitrogens is 1. The van der Waals surface area contributed by atoms with E-state index in [4.69, 9.17) is 4.74 Å². The molecule has 0 saturated carbocycles. The van der Waals surface area contributed by atoms with E-state index >= 15 is 0 Å². The first-order chi connectivity index (χ1) is 6.87. The summed E-state index contributed by atoms with van der Waals surface area (Å²) in [7, 11) is 0. The molecule has 0 aliphatic heterocycles. The van der Waals surface area contributed by atoms with Crippen LogP contribution in [-0.2, 0) is 11.2 Å². The van der Waals surface area contributed by atoms with Crippen molar-refractivity contribution in [3.05, 3.63) is 16.1 Å². The molecule has 1 aromatic heterocycles. The molecule has 1 N–H and O–H groups in total. The molecule has 0 aliphatic carbocycles. The molecule has 0 amide bonds. The average molecular weight is 229 g/mol. The lowest BCUT2D eigenvalue weighted by molar-refractivity contribution is -0.0484. The van der Waals surface area contributed by atoms with Crippen LogP contribution in [0.1, 0.15) is 31.5 Å². The van der Waals surface area contributed by atoms with Crippen molar-refractivity contribution < 1.29 is 9.84 Å². The van der Waals surface area contributed by atoms with Gasteiger partial charge in [0, 0.05) is 11.8 Å². The van der Waals surface area contributed by atoms with Crippen LogP contribution in [0.3, 0.4) is 0 Å². The molecule has 3 nitrogen and oxygen atoms in total. The Kier molecular flexibility index (Phi) is 4.25. The van der Waals surface area contributed by atoms with Crippen molar-refractivity contribution in [3.8, 4) is 0 Å². The van der Waals surface area contributed by atoms with Gasteiger partial charge in [-0.15, -0.1) is 11.3 Å². The Morgan fingerprint density at radius 2 is 2.20 bits per heavy atom. The van der Waals surface area contributed by atoms with Gasteiger partial charge in [0.1, 0.15) is 0 Å². The lowest BCUT2D eigenvalue weighted by Crippen LogP contribution is -2.27. The Morgan fingerprint density at radius 3 is 2.67 bits per heavy atom. The molecule has 1 aromatic rings. The zero-order valence-electron chi connectivity index (χ0n) is 9.78. The molecule has 1 atom stereocenters. The quantitative estimate of drug-likeness (QED) is 0.860. The van der Waals surface area contributed by atoms with E-state index in [1.54, 1.807) is 11.3 Å². The molecule has 0 saturated heterocycles. The molecule has 0 bridgehead atoms. The van der Waals surface area contributed by atoms with Crippen molar-refractivity contribution in [1.29, 1.82) is 0 Å². The molecule has 0 spiro atoms. The topological polar surface area (TPSA) is 42.4 Å². The molecular formula is C11H19NO2S. The first-order valence-electron chi connectivity index (χ1n) is 5.10. The smallest absolute Gasteiger partial charge is 0.0897 e. The Labute approximate surface area is 95.1 Å². The third-order valence-corrected chi connectivity index (χ3v) is 2.64. The summed E-state index contributed by atoms with van der Waals surface area (Å²) in [6, 6.07) is 0. The predicted molar refractivity (Wildman–Crippen MR) is 62.3 cm³/mol. The van der Waals surface area contributed by atoms with E-state index in [2.05, 4.69) is 4.98 Å². The number of thiazole rings is 1. The standard InChI is InChI=1S/C11H19NO2S/c1-8-12-9(7-15-8)5-10(13)6-14-11(2,3)4/h7,10,13H,5-6H2,1-4H3. The van der Waals surface area contributed by atoms with E-state index < -0.39 is 6.10 Å². The first-order valence-corrected chi connectivity index (χ1v) is 5.98. The van der Waals surface area contributed by atoms with Crippen molar-refractivity contribution in [2.24, 2.45) is 0 Å². The fraction of sp³-hybridized carbons (Fsp3) is 0.727. The van der Waals surface area contributed by atoms with Crippen LogP contribution in [0.4, 0.5) is 0 Å². The van der Waals surface area contributed by atoms with Crippen LogP contribution in [0, 0.1) is 6.92 Å². The SMILES string of the molecule is Cc1nc(CC(O)COC(C)(C)C)cs1. The maximum atomic E-state index is 9.71. The third-order valence-electron chi connectivity index (χ3n) is 1.82. The van der Waals surface area contributed by atoms with Gasteiger partial charge in [-0.3, -0.25) is 0 Å². The van der Waals surface area contributed by atoms with Crippen LogP contribution in [-0.4, -0.2) is 28.4 Å². The lowest BCUT2D eigenvalue weighted by atomic mass is 10.2. The second-order valence-corrected chi connectivity index (χ2v) is 5.70. The Balaban J connectivity index is 2.33. The maximum Gasteiger partial charge on any atom is 0.0897 e. The molecule has 1 heterocycles. The summed E-state index contributed by atoms with van der Waals surface area (Å²) in [6.45, 7) is 8.26. The van der Waals surface area contributed by atoms with Gasteiger partial charge in [0.25, 0.3) is 0 Å². The van der Waals surface area contributed by atoms with Crippen molar-refractivity contribution >= 4 is 11.3 Å². The summed E-state index contributed by atoms with van der Waals surface area (Å²) < 4.78 is 5.50. The van der Waals surface area contributed by atoms with Gasteiger partial charge < -0.3 is 9.84 Å². The van der Waals surface area contributed by atoms with Gasteiger partial charge in [0.05, 0.1) is 29.0 Å². The van der Waals surface area contributed by atoms with E-state index in [1.807, 2.05) is 33.1 Å². The minimum Gasteiger partial charge on any atom is -0.390 e. The Bertz CT molecular complexity index is 304. The Hall–Kier alpha value is -0.450. The molecule has 15 heavy (non-hydrogen) atoms. The van der Waals surface area contributed by atoms with Crippen LogP contribution in [0.5, 0.6) is 0 Å². The zero-order valence-corrected chi connectivity index (χ0v) is 10.6. The highest BCUT2D eigenvalue weighted by Crippen LogP contribution is 2.12. The summed E-state index contributed by atoms with van der Waals surface area (Å²) in [5, 5.41) is 12.7. The van der Waals surface area contributed by atoms with E-state index in [-0.39, 0.29) is 5.60 Å². The number of rotatable bonds is 4. The predicted octanol–water partition coefficient (Wildman–Crippen LogP) is 2.17. The molecule has 1 rings (SSSR count). The molecule has 0 aliphatic rings. The normalized spacial score (nSPS) is 14.2. The van der Waals surface area contributed by atoms with Gasteiger partial charge in [-0.2, -0.15) is 0 Å². The molecule has 1 unspecified atom stereocenters. The summed E-state index contributed by atoms with van der Waals surface area (Å²) in [6.07, 6.45) is 0.103. The maximum absolute atomic E-state index is 9.71. The number of aliphatic hydroxyl groups excluding tert-OH is 1. The Morgan fingerprint density at radius 1 is 1.53 bits per heavy atom. The molecule has 0 fully saturated rings. The molecule has 0 aromatic carbocycles. The highest BCUT2D eigenvalue weighted by molar-refractivity contribution is 7.09. The van der Waals surface area contributed by atoms with Gasteiger partial charge in [-0.05, 0) is 27.7 Å². The zero-order chi connectivity index (χ0) is 11.5. The number of hydrogen-bond acceptors (Lipinski definition) is 4.